The molecule has 0 spiro atoms. The fraction of sp³-hybridized carbons (Fsp3) is 0.400. The number of nitrogens with zero attached hydrogens (tertiary/aromatic N) is 5. The van der Waals surface area contributed by atoms with Crippen LogP contribution in [0.25, 0.3) is 5.69 Å². The molecule has 1 aromatic heterocycles. The van der Waals surface area contributed by atoms with Crippen LogP contribution in [-0.4, -0.2) is 58.0 Å². The van der Waals surface area contributed by atoms with Gasteiger partial charge in [-0.1, -0.05) is 18.2 Å². The smallest absolute Gasteiger partial charge is 0.237 e. The summed E-state index contributed by atoms with van der Waals surface area (Å²) in [6.07, 6.45) is 3.62. The van der Waals surface area contributed by atoms with Crippen molar-refractivity contribution in [2.75, 3.05) is 37.4 Å². The molecule has 1 aliphatic heterocycles. The molecule has 1 atom stereocenters. The Labute approximate surface area is 204 Å². The molecule has 0 bridgehead atoms. The van der Waals surface area contributed by atoms with E-state index in [4.69, 9.17) is 0 Å². The van der Waals surface area contributed by atoms with Crippen molar-refractivity contribution in [2.24, 2.45) is 0 Å². The lowest BCUT2D eigenvalue weighted by molar-refractivity contribution is -0.115. The number of hydrogen-bond donors (Lipinski definition) is 1. The highest BCUT2D eigenvalue weighted by Crippen LogP contribution is 2.28. The molecule has 1 fully saturated rings. The highest BCUT2D eigenvalue weighted by atomic mass is 32.2. The van der Waals surface area contributed by atoms with E-state index in [0.717, 1.165) is 36.0 Å². The molecule has 2 aromatic carbocycles. The molecule has 1 N–H and O–H groups in total. The predicted molar refractivity (Wildman–Crippen MR) is 135 cm³/mol. The first kappa shape index (κ1) is 24.2. The van der Waals surface area contributed by atoms with Gasteiger partial charge in [-0.05, 0) is 81.4 Å². The van der Waals surface area contributed by atoms with E-state index in [2.05, 4.69) is 20.4 Å². The Hall–Kier alpha value is -2.91. The molecule has 34 heavy (non-hydrogen) atoms. The lowest BCUT2D eigenvalue weighted by Crippen LogP contribution is -2.30. The molecule has 7 nitrogen and oxygen atoms in total. The summed E-state index contributed by atoms with van der Waals surface area (Å²) in [6, 6.07) is 14.0. The van der Waals surface area contributed by atoms with Crippen LogP contribution in [-0.2, 0) is 11.3 Å². The summed E-state index contributed by atoms with van der Waals surface area (Å²) >= 11 is 1.34. The van der Waals surface area contributed by atoms with E-state index in [-0.39, 0.29) is 11.7 Å². The van der Waals surface area contributed by atoms with Crippen molar-refractivity contribution >= 4 is 29.0 Å². The van der Waals surface area contributed by atoms with Gasteiger partial charge in [-0.25, -0.2) is 4.39 Å². The molecule has 3 aromatic rings. The Morgan fingerprint density at radius 2 is 1.74 bits per heavy atom. The largest absolute Gasteiger partial charge is 0.378 e. The first-order valence-corrected chi connectivity index (χ1v) is 12.5. The third-order valence-electron chi connectivity index (χ3n) is 5.90. The third kappa shape index (κ3) is 5.95. The number of carbonyl (C=O) groups is 1. The highest BCUT2D eigenvalue weighted by molar-refractivity contribution is 8.00. The first-order valence-electron chi connectivity index (χ1n) is 11.6. The number of aromatic nitrogens is 3. The molecule has 180 valence electrons. The summed E-state index contributed by atoms with van der Waals surface area (Å²) in [7, 11) is 3.95. The predicted octanol–water partition coefficient (Wildman–Crippen LogP) is 4.58. The van der Waals surface area contributed by atoms with Crippen molar-refractivity contribution in [3.8, 4) is 5.69 Å². The number of hydrogen-bond acceptors (Lipinski definition) is 6. The van der Waals surface area contributed by atoms with Gasteiger partial charge in [0.05, 0.1) is 11.8 Å². The molecule has 0 aliphatic carbocycles. The van der Waals surface area contributed by atoms with Crippen molar-refractivity contribution in [1.82, 2.24) is 19.7 Å². The number of carbonyl (C=O) groups excluding carboxylic acids is 1. The number of thioether (sulfide) groups is 1. The fourth-order valence-corrected chi connectivity index (χ4v) is 4.83. The van der Waals surface area contributed by atoms with Gasteiger partial charge < -0.3 is 10.2 Å². The van der Waals surface area contributed by atoms with Crippen LogP contribution in [0.3, 0.4) is 0 Å². The van der Waals surface area contributed by atoms with E-state index in [1.165, 1.54) is 43.2 Å². The zero-order chi connectivity index (χ0) is 24.1. The van der Waals surface area contributed by atoms with Crippen LogP contribution < -0.4 is 10.2 Å². The number of likely N-dealkylation sites (tertiary alicyclic amines) is 1. The van der Waals surface area contributed by atoms with Gasteiger partial charge in [-0.2, -0.15) is 0 Å². The van der Waals surface area contributed by atoms with Crippen molar-refractivity contribution in [3.63, 3.8) is 0 Å². The number of nitrogens with one attached hydrogen (secondary N) is 1. The van der Waals surface area contributed by atoms with Crippen LogP contribution in [0.5, 0.6) is 0 Å². The summed E-state index contributed by atoms with van der Waals surface area (Å²) in [5.74, 6) is 0.383. The Bertz CT molecular complexity index is 1090. The minimum absolute atomic E-state index is 0.117. The molecule has 0 saturated carbocycles. The summed E-state index contributed by atoms with van der Waals surface area (Å²) in [5, 5.41) is 12.0. The second-order valence-electron chi connectivity index (χ2n) is 8.74. The minimum atomic E-state index is -0.403. The molecule has 2 heterocycles. The Morgan fingerprint density at radius 1 is 1.06 bits per heavy atom. The normalized spacial score (nSPS) is 15.2. The van der Waals surface area contributed by atoms with Crippen LogP contribution in [0, 0.1) is 5.82 Å². The van der Waals surface area contributed by atoms with E-state index in [1.54, 1.807) is 12.1 Å². The van der Waals surface area contributed by atoms with Gasteiger partial charge in [0.15, 0.2) is 11.0 Å². The topological polar surface area (TPSA) is 66.3 Å². The first-order chi connectivity index (χ1) is 16.4. The molecular formula is C25H31FN6OS. The lowest BCUT2D eigenvalue weighted by atomic mass is 10.1. The minimum Gasteiger partial charge on any atom is -0.378 e. The maximum Gasteiger partial charge on any atom is 0.237 e. The second-order valence-corrected chi connectivity index (χ2v) is 10.0. The summed E-state index contributed by atoms with van der Waals surface area (Å²) in [5.41, 5.74) is 2.59. The second kappa shape index (κ2) is 11.0. The number of rotatable bonds is 8. The van der Waals surface area contributed by atoms with Gasteiger partial charge in [0.1, 0.15) is 5.82 Å². The monoisotopic (exact) mass is 482 g/mol. The highest BCUT2D eigenvalue weighted by Gasteiger charge is 2.23. The average Bonchev–Trinajstić information content (AvgIpc) is 3.22. The number of halogens is 1. The molecule has 1 aliphatic rings. The zero-order valence-electron chi connectivity index (χ0n) is 19.9. The lowest BCUT2D eigenvalue weighted by Gasteiger charge is -2.26. The molecule has 4 rings (SSSR count). The van der Waals surface area contributed by atoms with Gasteiger partial charge in [-0.15, -0.1) is 10.2 Å². The van der Waals surface area contributed by atoms with Crippen LogP contribution in [0.15, 0.2) is 53.7 Å². The maximum atomic E-state index is 13.6. The van der Waals surface area contributed by atoms with E-state index >= 15 is 0 Å². The van der Waals surface area contributed by atoms with Crippen LogP contribution in [0.4, 0.5) is 15.8 Å². The third-order valence-corrected chi connectivity index (χ3v) is 6.94. The summed E-state index contributed by atoms with van der Waals surface area (Å²) in [6.45, 7) is 4.58. The number of amides is 1. The van der Waals surface area contributed by atoms with E-state index in [1.807, 2.05) is 54.8 Å². The molecular weight excluding hydrogens is 451 g/mol. The Balaban J connectivity index is 1.51. The van der Waals surface area contributed by atoms with Crippen molar-refractivity contribution in [2.45, 2.75) is 43.1 Å². The summed E-state index contributed by atoms with van der Waals surface area (Å²) < 4.78 is 15.5. The van der Waals surface area contributed by atoms with Crippen molar-refractivity contribution < 1.29 is 9.18 Å². The van der Waals surface area contributed by atoms with Gasteiger partial charge in [0.25, 0.3) is 0 Å². The number of piperidine rings is 1. The van der Waals surface area contributed by atoms with Crippen molar-refractivity contribution in [1.29, 1.82) is 0 Å². The number of benzene rings is 2. The van der Waals surface area contributed by atoms with Gasteiger partial charge in [0, 0.05) is 31.2 Å². The quantitative estimate of drug-likeness (QED) is 0.474. The van der Waals surface area contributed by atoms with E-state index in [9.17, 15) is 9.18 Å². The number of anilines is 2. The zero-order valence-corrected chi connectivity index (χ0v) is 20.7. The standard InChI is InChI=1S/C25H31FN6OS/c1-18(24(33)27-20-9-13-21(14-10-20)30(2)3)34-25-29-28-23(17-31-15-5-4-6-16-31)32(25)22-11-7-19(26)8-12-22/h7-14,18H,4-6,15-17H2,1-3H3,(H,27,33). The van der Waals surface area contributed by atoms with Gasteiger partial charge >= 0.3 is 0 Å². The van der Waals surface area contributed by atoms with Gasteiger partial charge in [-0.3, -0.25) is 14.3 Å². The fourth-order valence-electron chi connectivity index (χ4n) is 3.94. The van der Waals surface area contributed by atoms with Crippen LogP contribution in [0.1, 0.15) is 32.0 Å². The Morgan fingerprint density at radius 3 is 2.38 bits per heavy atom. The van der Waals surface area contributed by atoms with Crippen LogP contribution >= 0.6 is 11.8 Å². The average molecular weight is 483 g/mol. The molecule has 9 heteroatoms. The van der Waals surface area contributed by atoms with Crippen LogP contribution in [0.2, 0.25) is 0 Å². The molecule has 1 saturated heterocycles. The summed E-state index contributed by atoms with van der Waals surface area (Å²) in [4.78, 5) is 17.3. The SMILES string of the molecule is CC(Sc1nnc(CN2CCCCC2)n1-c1ccc(F)cc1)C(=O)Nc1ccc(N(C)C)cc1. The molecule has 1 unspecified atom stereocenters. The maximum absolute atomic E-state index is 13.6. The van der Waals surface area contributed by atoms with Crippen molar-refractivity contribution in [3.05, 3.63) is 60.2 Å². The Kier molecular flexibility index (Phi) is 7.84. The molecule has 1 amide bonds. The van der Waals surface area contributed by atoms with E-state index < -0.39 is 5.25 Å². The molecule has 0 radical (unpaired) electrons. The van der Waals surface area contributed by atoms with E-state index in [0.29, 0.717) is 11.7 Å². The van der Waals surface area contributed by atoms with Gasteiger partial charge in [0.2, 0.25) is 5.91 Å².